The van der Waals surface area contributed by atoms with Crippen LogP contribution in [0, 0.1) is 0 Å². The lowest BCUT2D eigenvalue weighted by atomic mass is 10.1. The first-order valence-electron chi connectivity index (χ1n) is 4.35. The van der Waals surface area contributed by atoms with E-state index in [1.165, 1.54) is 0 Å². The predicted octanol–water partition coefficient (Wildman–Crippen LogP) is -0.246. The van der Waals surface area contributed by atoms with E-state index in [9.17, 15) is 10.2 Å². The molecule has 1 aliphatic heterocycles. The second-order valence-electron chi connectivity index (χ2n) is 3.54. The maximum absolute atomic E-state index is 9.28. The fraction of sp³-hybridized carbons (Fsp3) is 1.00. The highest BCUT2D eigenvalue weighted by atomic mass is 16.7. The van der Waals surface area contributed by atoms with Crippen LogP contribution in [-0.4, -0.2) is 46.7 Å². The summed E-state index contributed by atoms with van der Waals surface area (Å²) in [5.41, 5.74) is 0. The normalized spacial score (nSPS) is 32.8. The summed E-state index contributed by atoms with van der Waals surface area (Å²) in [5, 5.41) is 20.2. The van der Waals surface area contributed by atoms with Crippen molar-refractivity contribution in [3.05, 3.63) is 0 Å². The topological polar surface area (TPSA) is 52.9 Å². The van der Waals surface area contributed by atoms with Crippen molar-refractivity contribution in [1.29, 1.82) is 0 Å². The Morgan fingerprint density at radius 3 is 2.17 bits per heavy atom. The molecule has 0 spiro atoms. The standard InChI is InChI=1S/C8H17NO3/c1-6(2)12-9-4-7(10)3-8(11)5-9/h6-8,10-11H,3-5H2,1-2H3. The minimum absolute atomic E-state index is 0.0995. The Morgan fingerprint density at radius 1 is 1.25 bits per heavy atom. The molecule has 0 aromatic carbocycles. The number of hydrogen-bond donors (Lipinski definition) is 2. The molecule has 0 bridgehead atoms. The molecule has 0 aromatic rings. The molecule has 0 aliphatic carbocycles. The van der Waals surface area contributed by atoms with Crippen molar-refractivity contribution in [3.63, 3.8) is 0 Å². The summed E-state index contributed by atoms with van der Waals surface area (Å²) in [6, 6.07) is 0. The van der Waals surface area contributed by atoms with E-state index >= 15 is 0 Å². The zero-order valence-corrected chi connectivity index (χ0v) is 7.60. The van der Waals surface area contributed by atoms with Crippen molar-refractivity contribution >= 4 is 0 Å². The molecule has 0 radical (unpaired) electrons. The Labute approximate surface area is 72.7 Å². The zero-order valence-electron chi connectivity index (χ0n) is 7.60. The van der Waals surface area contributed by atoms with Gasteiger partial charge in [0.05, 0.1) is 31.4 Å². The third-order valence-corrected chi connectivity index (χ3v) is 1.73. The van der Waals surface area contributed by atoms with Crippen molar-refractivity contribution in [2.24, 2.45) is 0 Å². The van der Waals surface area contributed by atoms with Crippen molar-refractivity contribution in [2.45, 2.75) is 38.6 Å². The molecule has 2 atom stereocenters. The summed E-state index contributed by atoms with van der Waals surface area (Å²) in [6.45, 7) is 4.84. The molecule has 1 fully saturated rings. The van der Waals surface area contributed by atoms with Crippen LogP contribution in [0.4, 0.5) is 0 Å². The number of hydrogen-bond acceptors (Lipinski definition) is 4. The molecule has 1 rings (SSSR count). The van der Waals surface area contributed by atoms with Crippen LogP contribution in [0.5, 0.6) is 0 Å². The van der Waals surface area contributed by atoms with Gasteiger partial charge in [-0.15, -0.1) is 0 Å². The lowest BCUT2D eigenvalue weighted by Gasteiger charge is -2.33. The fourth-order valence-corrected chi connectivity index (χ4v) is 1.39. The Bertz CT molecular complexity index is 128. The molecule has 1 heterocycles. The smallest absolute Gasteiger partial charge is 0.0737 e. The van der Waals surface area contributed by atoms with Crippen LogP contribution in [0.2, 0.25) is 0 Å². The molecule has 4 nitrogen and oxygen atoms in total. The van der Waals surface area contributed by atoms with Gasteiger partial charge in [0.25, 0.3) is 0 Å². The van der Waals surface area contributed by atoms with Crippen molar-refractivity contribution in [1.82, 2.24) is 5.06 Å². The Morgan fingerprint density at radius 2 is 1.75 bits per heavy atom. The highest BCUT2D eigenvalue weighted by Crippen LogP contribution is 2.11. The van der Waals surface area contributed by atoms with Gasteiger partial charge in [0, 0.05) is 6.42 Å². The van der Waals surface area contributed by atoms with Gasteiger partial charge in [-0.1, -0.05) is 0 Å². The van der Waals surface area contributed by atoms with Crippen LogP contribution < -0.4 is 0 Å². The van der Waals surface area contributed by atoms with Crippen LogP contribution in [0.15, 0.2) is 0 Å². The van der Waals surface area contributed by atoms with Gasteiger partial charge in [0.15, 0.2) is 0 Å². The van der Waals surface area contributed by atoms with Gasteiger partial charge in [-0.05, 0) is 13.8 Å². The predicted molar refractivity (Wildman–Crippen MR) is 44.4 cm³/mol. The van der Waals surface area contributed by atoms with Gasteiger partial charge in [-0.25, -0.2) is 0 Å². The lowest BCUT2D eigenvalue weighted by Crippen LogP contribution is -2.46. The fourth-order valence-electron chi connectivity index (χ4n) is 1.39. The third kappa shape index (κ3) is 3.06. The lowest BCUT2D eigenvalue weighted by molar-refractivity contribution is -0.227. The summed E-state index contributed by atoms with van der Waals surface area (Å²) in [4.78, 5) is 5.35. The average Bonchev–Trinajstić information content (AvgIpc) is 1.81. The van der Waals surface area contributed by atoms with Gasteiger partial charge >= 0.3 is 0 Å². The number of aliphatic hydroxyl groups excluding tert-OH is 2. The summed E-state index contributed by atoms with van der Waals surface area (Å²) < 4.78 is 0. The molecule has 0 aromatic heterocycles. The molecular weight excluding hydrogens is 158 g/mol. The van der Waals surface area contributed by atoms with Crippen LogP contribution >= 0.6 is 0 Å². The minimum Gasteiger partial charge on any atom is -0.392 e. The van der Waals surface area contributed by atoms with Gasteiger partial charge in [0.2, 0.25) is 0 Å². The van der Waals surface area contributed by atoms with E-state index in [0.29, 0.717) is 19.5 Å². The maximum atomic E-state index is 9.28. The van der Waals surface area contributed by atoms with Gasteiger partial charge < -0.3 is 10.2 Å². The first-order chi connectivity index (χ1) is 5.58. The average molecular weight is 175 g/mol. The quantitative estimate of drug-likeness (QED) is 0.608. The van der Waals surface area contributed by atoms with Gasteiger partial charge in [-0.2, -0.15) is 5.06 Å². The largest absolute Gasteiger partial charge is 0.392 e. The first-order valence-corrected chi connectivity index (χ1v) is 4.35. The Kier molecular flexibility index (Phi) is 3.46. The monoisotopic (exact) mass is 175 g/mol. The van der Waals surface area contributed by atoms with E-state index in [0.717, 1.165) is 0 Å². The second-order valence-corrected chi connectivity index (χ2v) is 3.54. The number of hydroxylamine groups is 2. The number of aliphatic hydroxyl groups is 2. The molecule has 2 N–H and O–H groups in total. The Hall–Kier alpha value is -0.160. The van der Waals surface area contributed by atoms with Crippen LogP contribution in [0.1, 0.15) is 20.3 Å². The summed E-state index contributed by atoms with van der Waals surface area (Å²) >= 11 is 0. The van der Waals surface area contributed by atoms with Gasteiger partial charge in [0.1, 0.15) is 0 Å². The van der Waals surface area contributed by atoms with Crippen LogP contribution in [0.3, 0.4) is 0 Å². The molecule has 1 aliphatic rings. The first kappa shape index (κ1) is 9.92. The highest BCUT2D eigenvalue weighted by molar-refractivity contribution is 4.73. The maximum Gasteiger partial charge on any atom is 0.0737 e. The molecule has 2 unspecified atom stereocenters. The van der Waals surface area contributed by atoms with E-state index in [1.54, 1.807) is 5.06 Å². The minimum atomic E-state index is -0.465. The summed E-state index contributed by atoms with van der Waals surface area (Å²) in [5.74, 6) is 0. The molecule has 0 amide bonds. The highest BCUT2D eigenvalue weighted by Gasteiger charge is 2.25. The van der Waals surface area contributed by atoms with Crippen molar-refractivity contribution in [2.75, 3.05) is 13.1 Å². The SMILES string of the molecule is CC(C)ON1CC(O)CC(O)C1. The third-order valence-electron chi connectivity index (χ3n) is 1.73. The Balaban J connectivity index is 2.34. The van der Waals surface area contributed by atoms with E-state index < -0.39 is 12.2 Å². The zero-order chi connectivity index (χ0) is 9.14. The van der Waals surface area contributed by atoms with Crippen molar-refractivity contribution in [3.8, 4) is 0 Å². The van der Waals surface area contributed by atoms with E-state index in [1.807, 2.05) is 13.8 Å². The van der Waals surface area contributed by atoms with E-state index in [-0.39, 0.29) is 6.10 Å². The van der Waals surface area contributed by atoms with E-state index in [2.05, 4.69) is 0 Å². The number of rotatable bonds is 2. The van der Waals surface area contributed by atoms with Crippen LogP contribution in [-0.2, 0) is 4.84 Å². The molecular formula is C8H17NO3. The molecule has 0 saturated carbocycles. The number of piperidine rings is 1. The van der Waals surface area contributed by atoms with Crippen LogP contribution in [0.25, 0.3) is 0 Å². The second kappa shape index (κ2) is 4.18. The summed E-state index contributed by atoms with van der Waals surface area (Å²) in [6.07, 6.45) is -0.375. The molecule has 4 heteroatoms. The van der Waals surface area contributed by atoms with Gasteiger partial charge in [-0.3, -0.25) is 4.84 Å². The number of nitrogens with zero attached hydrogens (tertiary/aromatic N) is 1. The molecule has 12 heavy (non-hydrogen) atoms. The van der Waals surface area contributed by atoms with Crippen molar-refractivity contribution < 1.29 is 15.1 Å². The van der Waals surface area contributed by atoms with E-state index in [4.69, 9.17) is 4.84 Å². The molecule has 1 saturated heterocycles. The number of β-amino-alcohol motifs (C(OH)–C–C–N with tert-alkyl or cyclic N) is 2. The summed E-state index contributed by atoms with van der Waals surface area (Å²) in [7, 11) is 0. The molecule has 72 valence electrons.